The third kappa shape index (κ3) is 4.23. The van der Waals surface area contributed by atoms with Crippen molar-refractivity contribution in [2.45, 2.75) is 25.8 Å². The normalized spacial score (nSPS) is 14.0. The minimum Gasteiger partial charge on any atom is -0.323 e. The second kappa shape index (κ2) is 5.53. The summed E-state index contributed by atoms with van der Waals surface area (Å²) in [5.74, 6) is 0.410. The Balaban J connectivity index is 2.33. The largest absolute Gasteiger partial charge is 0.323 e. The molecule has 1 atom stereocenters. The van der Waals surface area contributed by atoms with E-state index in [1.165, 1.54) is 11.5 Å². The Morgan fingerprint density at radius 1 is 1.60 bits per heavy atom. The van der Waals surface area contributed by atoms with Crippen molar-refractivity contribution in [2.75, 3.05) is 11.5 Å². The molecule has 0 radical (unpaired) electrons. The summed E-state index contributed by atoms with van der Waals surface area (Å²) < 4.78 is 26.1. The van der Waals surface area contributed by atoms with Crippen molar-refractivity contribution in [1.29, 1.82) is 0 Å². The van der Waals surface area contributed by atoms with Gasteiger partial charge in [0.05, 0.1) is 16.8 Å². The summed E-state index contributed by atoms with van der Waals surface area (Å²) in [4.78, 5) is 0.906. The van der Waals surface area contributed by atoms with E-state index in [1.54, 1.807) is 13.1 Å². The maximum Gasteiger partial charge on any atom is 0.150 e. The van der Waals surface area contributed by atoms with Crippen LogP contribution in [0.3, 0.4) is 0 Å². The van der Waals surface area contributed by atoms with Crippen LogP contribution in [0.15, 0.2) is 6.20 Å². The Morgan fingerprint density at radius 2 is 2.33 bits per heavy atom. The smallest absolute Gasteiger partial charge is 0.150 e. The number of sulfone groups is 1. The molecule has 0 spiro atoms. The highest BCUT2D eigenvalue weighted by Crippen LogP contribution is 2.17. The van der Waals surface area contributed by atoms with E-state index in [0.717, 1.165) is 4.88 Å². The Kier molecular flexibility index (Phi) is 4.62. The van der Waals surface area contributed by atoms with E-state index < -0.39 is 9.84 Å². The second-order valence-corrected chi connectivity index (χ2v) is 6.59. The standard InChI is InChI=1S/C8H15N3O2S2/c1-2-15(12,13)5-3-4-7(9)8-6-10-11-14-8/h6-7H,2-5,9H2,1H3. The summed E-state index contributed by atoms with van der Waals surface area (Å²) >= 11 is 1.26. The molecule has 1 aromatic heterocycles. The Labute approximate surface area is 93.8 Å². The van der Waals surface area contributed by atoms with E-state index in [2.05, 4.69) is 9.59 Å². The number of nitrogens with zero attached hydrogens (tertiary/aromatic N) is 2. The molecule has 0 saturated carbocycles. The minimum absolute atomic E-state index is 0.142. The number of aromatic nitrogens is 2. The highest BCUT2D eigenvalue weighted by atomic mass is 32.2. The summed E-state index contributed by atoms with van der Waals surface area (Å²) in [6.45, 7) is 1.66. The first-order chi connectivity index (χ1) is 7.05. The van der Waals surface area contributed by atoms with Crippen LogP contribution in [-0.2, 0) is 9.84 Å². The van der Waals surface area contributed by atoms with E-state index in [1.807, 2.05) is 0 Å². The molecule has 5 nitrogen and oxygen atoms in total. The number of hydrogen-bond donors (Lipinski definition) is 1. The molecule has 7 heteroatoms. The molecule has 0 aliphatic rings. The van der Waals surface area contributed by atoms with Crippen molar-refractivity contribution in [3.63, 3.8) is 0 Å². The molecule has 1 rings (SSSR count). The van der Waals surface area contributed by atoms with Gasteiger partial charge in [0.1, 0.15) is 9.84 Å². The van der Waals surface area contributed by atoms with Crippen molar-refractivity contribution in [1.82, 2.24) is 9.59 Å². The first-order valence-corrected chi connectivity index (χ1v) is 7.38. The second-order valence-electron chi connectivity index (χ2n) is 3.30. The molecule has 1 heterocycles. The quantitative estimate of drug-likeness (QED) is 0.804. The van der Waals surface area contributed by atoms with Gasteiger partial charge in [-0.05, 0) is 24.4 Å². The topological polar surface area (TPSA) is 85.9 Å². The zero-order chi connectivity index (χ0) is 11.3. The van der Waals surface area contributed by atoms with Crippen molar-refractivity contribution >= 4 is 21.4 Å². The Hall–Kier alpha value is -0.530. The fourth-order valence-electron chi connectivity index (χ4n) is 1.15. The molecule has 2 N–H and O–H groups in total. The summed E-state index contributed by atoms with van der Waals surface area (Å²) in [7, 11) is -2.87. The van der Waals surface area contributed by atoms with Crippen LogP contribution in [-0.4, -0.2) is 29.5 Å². The summed E-state index contributed by atoms with van der Waals surface area (Å²) in [5.41, 5.74) is 5.85. The minimum atomic E-state index is -2.87. The van der Waals surface area contributed by atoms with Gasteiger partial charge in [-0.3, -0.25) is 0 Å². The first-order valence-electron chi connectivity index (χ1n) is 4.78. The van der Waals surface area contributed by atoms with Crippen molar-refractivity contribution in [3.8, 4) is 0 Å². The lowest BCUT2D eigenvalue weighted by Gasteiger charge is -2.07. The average molecular weight is 249 g/mol. The predicted molar refractivity (Wildman–Crippen MR) is 60.4 cm³/mol. The van der Waals surface area contributed by atoms with E-state index in [-0.39, 0.29) is 17.5 Å². The third-order valence-corrected chi connectivity index (χ3v) is 4.74. The lowest BCUT2D eigenvalue weighted by atomic mass is 10.1. The van der Waals surface area contributed by atoms with Crippen molar-refractivity contribution in [2.24, 2.45) is 5.73 Å². The third-order valence-electron chi connectivity index (χ3n) is 2.15. The van der Waals surface area contributed by atoms with Crippen LogP contribution in [0.5, 0.6) is 0 Å². The molecule has 1 unspecified atom stereocenters. The molecule has 86 valence electrons. The van der Waals surface area contributed by atoms with Gasteiger partial charge in [-0.1, -0.05) is 11.4 Å². The van der Waals surface area contributed by atoms with E-state index in [4.69, 9.17) is 5.73 Å². The van der Waals surface area contributed by atoms with Gasteiger partial charge in [0.2, 0.25) is 0 Å². The first kappa shape index (κ1) is 12.5. The van der Waals surface area contributed by atoms with Gasteiger partial charge in [0.15, 0.2) is 0 Å². The van der Waals surface area contributed by atoms with Crippen LogP contribution < -0.4 is 5.73 Å². The zero-order valence-corrected chi connectivity index (χ0v) is 10.2. The van der Waals surface area contributed by atoms with Crippen LogP contribution in [0.4, 0.5) is 0 Å². The fourth-order valence-corrected chi connectivity index (χ4v) is 2.58. The van der Waals surface area contributed by atoms with Gasteiger partial charge in [-0.25, -0.2) is 8.42 Å². The highest BCUT2D eigenvalue weighted by Gasteiger charge is 2.11. The molecule has 0 aliphatic carbocycles. The van der Waals surface area contributed by atoms with Gasteiger partial charge in [0, 0.05) is 11.8 Å². The molecule has 0 saturated heterocycles. The molecule has 1 aromatic rings. The average Bonchev–Trinajstić information content (AvgIpc) is 2.70. The van der Waals surface area contributed by atoms with E-state index in [0.29, 0.717) is 12.8 Å². The lowest BCUT2D eigenvalue weighted by molar-refractivity contribution is 0.585. The molecule has 0 aromatic carbocycles. The molecule has 15 heavy (non-hydrogen) atoms. The Bertz CT molecular complexity index is 375. The van der Waals surface area contributed by atoms with Crippen LogP contribution in [0.1, 0.15) is 30.7 Å². The molecular weight excluding hydrogens is 234 g/mol. The summed E-state index contributed by atoms with van der Waals surface area (Å²) in [6, 6.07) is -0.142. The van der Waals surface area contributed by atoms with Crippen LogP contribution in [0, 0.1) is 0 Å². The Morgan fingerprint density at radius 3 is 2.87 bits per heavy atom. The van der Waals surface area contributed by atoms with Gasteiger partial charge < -0.3 is 5.73 Å². The zero-order valence-electron chi connectivity index (χ0n) is 8.59. The van der Waals surface area contributed by atoms with Crippen molar-refractivity contribution < 1.29 is 8.42 Å². The monoisotopic (exact) mass is 249 g/mol. The van der Waals surface area contributed by atoms with Crippen LogP contribution in [0.25, 0.3) is 0 Å². The van der Waals surface area contributed by atoms with Crippen LogP contribution >= 0.6 is 11.5 Å². The van der Waals surface area contributed by atoms with E-state index in [9.17, 15) is 8.42 Å². The molecule has 0 fully saturated rings. The SMILES string of the molecule is CCS(=O)(=O)CCCC(N)c1cnns1. The van der Waals surface area contributed by atoms with Gasteiger partial charge in [-0.2, -0.15) is 0 Å². The van der Waals surface area contributed by atoms with E-state index >= 15 is 0 Å². The highest BCUT2D eigenvalue weighted by molar-refractivity contribution is 7.91. The van der Waals surface area contributed by atoms with Gasteiger partial charge in [0.25, 0.3) is 0 Å². The molecule has 0 aliphatic heterocycles. The summed E-state index contributed by atoms with van der Waals surface area (Å²) in [5, 5.41) is 3.69. The van der Waals surface area contributed by atoms with Crippen LogP contribution in [0.2, 0.25) is 0 Å². The number of rotatable bonds is 6. The summed E-state index contributed by atoms with van der Waals surface area (Å²) in [6.07, 6.45) is 2.88. The predicted octanol–water partition coefficient (Wildman–Crippen LogP) is 0.753. The molecule has 0 amide bonds. The van der Waals surface area contributed by atoms with Crippen molar-refractivity contribution in [3.05, 3.63) is 11.1 Å². The number of nitrogens with two attached hydrogens (primary N) is 1. The molecule has 0 bridgehead atoms. The number of hydrogen-bond acceptors (Lipinski definition) is 6. The maximum absolute atomic E-state index is 11.2. The molecular formula is C8H15N3O2S2. The van der Waals surface area contributed by atoms with Gasteiger partial charge in [-0.15, -0.1) is 5.10 Å². The fraction of sp³-hybridized carbons (Fsp3) is 0.750. The maximum atomic E-state index is 11.2. The van der Waals surface area contributed by atoms with Gasteiger partial charge >= 0.3 is 0 Å². The lowest BCUT2D eigenvalue weighted by Crippen LogP contribution is -2.13.